The van der Waals surface area contributed by atoms with E-state index < -0.39 is 35.1 Å². The molecule has 7 heteroatoms. The number of pyridine rings is 1. The van der Waals surface area contributed by atoms with Crippen molar-refractivity contribution >= 4 is 11.6 Å². The van der Waals surface area contributed by atoms with Crippen LogP contribution in [0.2, 0.25) is 0 Å². The number of anilines is 1. The molecule has 0 radical (unpaired) electrons. The van der Waals surface area contributed by atoms with Gasteiger partial charge < -0.3 is 5.32 Å². The fraction of sp³-hybridized carbons (Fsp3) is 0.455. The van der Waals surface area contributed by atoms with Gasteiger partial charge in [0.1, 0.15) is 5.69 Å². The minimum absolute atomic E-state index is 0.0261. The van der Waals surface area contributed by atoms with Crippen molar-refractivity contribution in [2.45, 2.75) is 32.6 Å². The summed E-state index contributed by atoms with van der Waals surface area (Å²) < 4.78 is 51.7. The molecule has 1 heterocycles. The van der Waals surface area contributed by atoms with E-state index >= 15 is 0 Å². The normalized spacial score (nSPS) is 10.5. The highest BCUT2D eigenvalue weighted by Crippen LogP contribution is 2.22. The zero-order chi connectivity index (χ0) is 13.7. The van der Waals surface area contributed by atoms with Gasteiger partial charge >= 0.3 is 0 Å². The Labute approximate surface area is 101 Å². The monoisotopic (exact) mass is 264 g/mol. The van der Waals surface area contributed by atoms with E-state index in [2.05, 4.69) is 4.98 Å². The molecule has 0 aliphatic rings. The van der Waals surface area contributed by atoms with Crippen LogP contribution in [0.1, 0.15) is 32.6 Å². The van der Waals surface area contributed by atoms with E-state index in [9.17, 15) is 22.4 Å². The standard InChI is InChI=1S/C11H12F4N2O/c1-2-3-4-5-6(18)16-9-7(12)10(14)17-11(15)8(9)13/h2-5H2,1H3,(H,16,17,18). The second-order valence-corrected chi connectivity index (χ2v) is 3.70. The quantitative estimate of drug-likeness (QED) is 0.504. The van der Waals surface area contributed by atoms with Crippen molar-refractivity contribution in [3.63, 3.8) is 0 Å². The lowest BCUT2D eigenvalue weighted by atomic mass is 10.2. The molecular formula is C11H12F4N2O. The smallest absolute Gasteiger partial charge is 0.253 e. The summed E-state index contributed by atoms with van der Waals surface area (Å²) in [5.41, 5.74) is -1.14. The van der Waals surface area contributed by atoms with Gasteiger partial charge in [0.05, 0.1) is 0 Å². The van der Waals surface area contributed by atoms with Gasteiger partial charge in [0, 0.05) is 6.42 Å². The summed E-state index contributed by atoms with van der Waals surface area (Å²) in [4.78, 5) is 13.7. The van der Waals surface area contributed by atoms with Crippen LogP contribution in [0.4, 0.5) is 23.2 Å². The largest absolute Gasteiger partial charge is 0.321 e. The molecule has 0 spiro atoms. The van der Waals surface area contributed by atoms with Crippen molar-refractivity contribution in [3.05, 3.63) is 23.5 Å². The molecule has 0 saturated heterocycles. The highest BCUT2D eigenvalue weighted by molar-refractivity contribution is 5.90. The number of unbranched alkanes of at least 4 members (excludes halogenated alkanes) is 2. The van der Waals surface area contributed by atoms with Gasteiger partial charge in [-0.05, 0) is 6.42 Å². The third-order valence-corrected chi connectivity index (χ3v) is 2.27. The van der Waals surface area contributed by atoms with Gasteiger partial charge in [-0.15, -0.1) is 0 Å². The molecule has 0 fully saturated rings. The van der Waals surface area contributed by atoms with Crippen molar-refractivity contribution in [1.82, 2.24) is 4.98 Å². The summed E-state index contributed by atoms with van der Waals surface area (Å²) in [6, 6.07) is 0. The first-order chi connectivity index (χ1) is 8.47. The van der Waals surface area contributed by atoms with E-state index in [-0.39, 0.29) is 6.42 Å². The molecule has 100 valence electrons. The predicted octanol–water partition coefficient (Wildman–Crippen LogP) is 3.16. The number of hydrogen-bond donors (Lipinski definition) is 1. The Balaban J connectivity index is 2.81. The van der Waals surface area contributed by atoms with Crippen molar-refractivity contribution in [2.75, 3.05) is 5.32 Å². The van der Waals surface area contributed by atoms with Crippen LogP contribution in [-0.4, -0.2) is 10.9 Å². The molecule has 18 heavy (non-hydrogen) atoms. The maximum absolute atomic E-state index is 13.1. The fourth-order valence-electron chi connectivity index (χ4n) is 1.33. The third-order valence-electron chi connectivity index (χ3n) is 2.27. The minimum Gasteiger partial charge on any atom is -0.321 e. The maximum Gasteiger partial charge on any atom is 0.253 e. The van der Waals surface area contributed by atoms with E-state index in [4.69, 9.17) is 0 Å². The highest BCUT2D eigenvalue weighted by Gasteiger charge is 2.21. The van der Waals surface area contributed by atoms with E-state index in [1.807, 2.05) is 12.2 Å². The topological polar surface area (TPSA) is 42.0 Å². The SMILES string of the molecule is CCCCCC(=O)Nc1c(F)c(F)nc(F)c1F. The lowest BCUT2D eigenvalue weighted by Gasteiger charge is -2.08. The van der Waals surface area contributed by atoms with E-state index in [0.29, 0.717) is 6.42 Å². The Morgan fingerprint density at radius 1 is 1.11 bits per heavy atom. The number of carbonyl (C=O) groups excluding carboxylic acids is 1. The molecule has 0 atom stereocenters. The van der Waals surface area contributed by atoms with Gasteiger partial charge in [0.2, 0.25) is 17.5 Å². The molecule has 1 rings (SSSR count). The van der Waals surface area contributed by atoms with Gasteiger partial charge in [0.25, 0.3) is 11.9 Å². The lowest BCUT2D eigenvalue weighted by molar-refractivity contribution is -0.116. The lowest BCUT2D eigenvalue weighted by Crippen LogP contribution is -2.16. The molecule has 0 aromatic carbocycles. The Morgan fingerprint density at radius 2 is 1.67 bits per heavy atom. The summed E-state index contributed by atoms with van der Waals surface area (Å²) in [6.45, 7) is 1.92. The Hall–Kier alpha value is -1.66. The minimum atomic E-state index is -1.79. The van der Waals surface area contributed by atoms with Gasteiger partial charge in [-0.25, -0.2) is 0 Å². The number of aromatic nitrogens is 1. The third kappa shape index (κ3) is 3.41. The molecule has 1 aromatic heterocycles. The molecule has 0 bridgehead atoms. The molecule has 1 aromatic rings. The number of nitrogens with one attached hydrogen (secondary N) is 1. The Morgan fingerprint density at radius 3 is 2.17 bits per heavy atom. The summed E-state index contributed by atoms with van der Waals surface area (Å²) in [6.07, 6.45) is 2.20. The van der Waals surface area contributed by atoms with E-state index in [1.54, 1.807) is 0 Å². The molecular weight excluding hydrogens is 252 g/mol. The first-order valence-electron chi connectivity index (χ1n) is 5.47. The van der Waals surface area contributed by atoms with Crippen molar-refractivity contribution in [2.24, 2.45) is 0 Å². The molecule has 1 N–H and O–H groups in total. The maximum atomic E-state index is 13.1. The second kappa shape index (κ2) is 6.32. The van der Waals surface area contributed by atoms with Crippen LogP contribution in [-0.2, 0) is 4.79 Å². The number of carbonyl (C=O) groups is 1. The van der Waals surface area contributed by atoms with Gasteiger partial charge in [-0.1, -0.05) is 19.8 Å². The molecule has 0 saturated carbocycles. The summed E-state index contributed by atoms with van der Waals surface area (Å²) in [7, 11) is 0. The van der Waals surface area contributed by atoms with Crippen LogP contribution in [0.15, 0.2) is 0 Å². The second-order valence-electron chi connectivity index (χ2n) is 3.70. The average Bonchev–Trinajstić information content (AvgIpc) is 2.32. The number of nitrogens with zero attached hydrogens (tertiary/aromatic N) is 1. The Bertz CT molecular complexity index is 425. The van der Waals surface area contributed by atoms with Crippen LogP contribution in [0.3, 0.4) is 0 Å². The highest BCUT2D eigenvalue weighted by atomic mass is 19.2. The van der Waals surface area contributed by atoms with E-state index in [0.717, 1.165) is 12.8 Å². The van der Waals surface area contributed by atoms with Crippen molar-refractivity contribution in [1.29, 1.82) is 0 Å². The number of rotatable bonds is 5. The zero-order valence-electron chi connectivity index (χ0n) is 9.70. The van der Waals surface area contributed by atoms with Crippen LogP contribution in [0.25, 0.3) is 0 Å². The summed E-state index contributed by atoms with van der Waals surface area (Å²) in [5.74, 6) is -7.71. The first-order valence-corrected chi connectivity index (χ1v) is 5.47. The average molecular weight is 264 g/mol. The van der Waals surface area contributed by atoms with Gasteiger partial charge in [-0.2, -0.15) is 22.5 Å². The van der Waals surface area contributed by atoms with Gasteiger partial charge in [-0.3, -0.25) is 4.79 Å². The fourth-order valence-corrected chi connectivity index (χ4v) is 1.33. The van der Waals surface area contributed by atoms with Crippen molar-refractivity contribution < 1.29 is 22.4 Å². The number of hydrogen-bond acceptors (Lipinski definition) is 2. The summed E-state index contributed by atoms with van der Waals surface area (Å²) in [5, 5.41) is 1.81. The molecule has 0 aliphatic carbocycles. The van der Waals surface area contributed by atoms with Crippen LogP contribution in [0.5, 0.6) is 0 Å². The van der Waals surface area contributed by atoms with Crippen LogP contribution < -0.4 is 5.32 Å². The summed E-state index contributed by atoms with van der Waals surface area (Å²) >= 11 is 0. The Kier molecular flexibility index (Phi) is 5.06. The number of amides is 1. The molecule has 0 unspecified atom stereocenters. The van der Waals surface area contributed by atoms with Crippen LogP contribution >= 0.6 is 0 Å². The molecule has 1 amide bonds. The number of halogens is 4. The van der Waals surface area contributed by atoms with Crippen LogP contribution in [0, 0.1) is 23.5 Å². The predicted molar refractivity (Wildman–Crippen MR) is 56.8 cm³/mol. The molecule has 3 nitrogen and oxygen atoms in total. The zero-order valence-corrected chi connectivity index (χ0v) is 9.70. The van der Waals surface area contributed by atoms with E-state index in [1.165, 1.54) is 0 Å². The first kappa shape index (κ1) is 14.4. The van der Waals surface area contributed by atoms with Gasteiger partial charge in [0.15, 0.2) is 0 Å². The molecule has 0 aliphatic heterocycles. The van der Waals surface area contributed by atoms with Crippen molar-refractivity contribution in [3.8, 4) is 0 Å².